The van der Waals surface area contributed by atoms with Crippen molar-refractivity contribution in [1.82, 2.24) is 0 Å². The molecule has 0 atom stereocenters. The average Bonchev–Trinajstić information content (AvgIpc) is 3.01. The second kappa shape index (κ2) is 4.56. The van der Waals surface area contributed by atoms with E-state index in [0.29, 0.717) is 0 Å². The number of hydrogen-bond acceptors (Lipinski definition) is 2. The molecule has 3 N–H and O–H groups in total. The standard InChI is InChI=1S/C13H18N2O/c1-9-8-11(4-5-12(9)13(14)15)16-7-6-10-2-3-10/h4-5,8,10H,2-3,6-7H2,1H3,(H3,14,15). The Hall–Kier alpha value is -1.51. The van der Waals surface area contributed by atoms with Gasteiger partial charge in [-0.05, 0) is 43.0 Å². The molecule has 3 nitrogen and oxygen atoms in total. The molecule has 1 saturated carbocycles. The molecule has 0 aliphatic heterocycles. The predicted molar refractivity (Wildman–Crippen MR) is 65.0 cm³/mol. The molecular formula is C13H18N2O. The molecule has 0 spiro atoms. The smallest absolute Gasteiger partial charge is 0.123 e. The molecule has 1 aromatic carbocycles. The molecule has 0 amide bonds. The van der Waals surface area contributed by atoms with Crippen molar-refractivity contribution in [3.8, 4) is 5.75 Å². The summed E-state index contributed by atoms with van der Waals surface area (Å²) in [5, 5.41) is 7.39. The lowest BCUT2D eigenvalue weighted by molar-refractivity contribution is 0.302. The van der Waals surface area contributed by atoms with Crippen LogP contribution >= 0.6 is 0 Å². The number of ether oxygens (including phenoxy) is 1. The van der Waals surface area contributed by atoms with Gasteiger partial charge in [0.1, 0.15) is 11.6 Å². The first-order valence-corrected chi connectivity index (χ1v) is 5.74. The van der Waals surface area contributed by atoms with E-state index in [0.717, 1.165) is 35.8 Å². The van der Waals surface area contributed by atoms with Gasteiger partial charge in [0.25, 0.3) is 0 Å². The predicted octanol–water partition coefficient (Wildman–Crippen LogP) is 2.46. The van der Waals surface area contributed by atoms with Crippen LogP contribution in [0.3, 0.4) is 0 Å². The van der Waals surface area contributed by atoms with Crippen molar-refractivity contribution in [3.63, 3.8) is 0 Å². The maximum absolute atomic E-state index is 7.39. The normalized spacial score (nSPS) is 14.8. The van der Waals surface area contributed by atoms with Crippen LogP contribution in [-0.2, 0) is 0 Å². The van der Waals surface area contributed by atoms with Crippen molar-refractivity contribution in [1.29, 1.82) is 5.41 Å². The topological polar surface area (TPSA) is 59.1 Å². The van der Waals surface area contributed by atoms with E-state index in [4.69, 9.17) is 15.9 Å². The van der Waals surface area contributed by atoms with E-state index in [1.54, 1.807) is 0 Å². The van der Waals surface area contributed by atoms with E-state index < -0.39 is 0 Å². The molecule has 86 valence electrons. The highest BCUT2D eigenvalue weighted by Gasteiger charge is 2.20. The fourth-order valence-corrected chi connectivity index (χ4v) is 1.78. The Bertz CT molecular complexity index is 397. The largest absolute Gasteiger partial charge is 0.494 e. The van der Waals surface area contributed by atoms with Crippen LogP contribution in [0.1, 0.15) is 30.4 Å². The van der Waals surface area contributed by atoms with Gasteiger partial charge in [-0.2, -0.15) is 0 Å². The van der Waals surface area contributed by atoms with Gasteiger partial charge in [0.15, 0.2) is 0 Å². The van der Waals surface area contributed by atoms with Crippen molar-refractivity contribution >= 4 is 5.84 Å². The molecule has 1 aliphatic rings. The van der Waals surface area contributed by atoms with Crippen LogP contribution in [0.5, 0.6) is 5.75 Å². The first-order chi connectivity index (χ1) is 7.66. The molecule has 0 heterocycles. The highest BCUT2D eigenvalue weighted by molar-refractivity contribution is 5.96. The summed E-state index contributed by atoms with van der Waals surface area (Å²) in [6.07, 6.45) is 3.89. The lowest BCUT2D eigenvalue weighted by atomic mass is 10.1. The Kier molecular flexibility index (Phi) is 3.13. The second-order valence-electron chi connectivity index (χ2n) is 4.47. The van der Waals surface area contributed by atoms with Crippen LogP contribution < -0.4 is 10.5 Å². The summed E-state index contributed by atoms with van der Waals surface area (Å²) < 4.78 is 5.66. The van der Waals surface area contributed by atoms with Gasteiger partial charge < -0.3 is 10.5 Å². The third-order valence-corrected chi connectivity index (χ3v) is 2.98. The zero-order chi connectivity index (χ0) is 11.5. The third-order valence-electron chi connectivity index (χ3n) is 2.98. The van der Waals surface area contributed by atoms with Crippen LogP contribution in [0.2, 0.25) is 0 Å². The molecule has 1 aromatic rings. The highest BCUT2D eigenvalue weighted by Crippen LogP contribution is 2.32. The summed E-state index contributed by atoms with van der Waals surface area (Å²) in [6, 6.07) is 5.68. The molecule has 0 saturated heterocycles. The van der Waals surface area contributed by atoms with E-state index in [1.165, 1.54) is 12.8 Å². The van der Waals surface area contributed by atoms with Gasteiger partial charge in [0.2, 0.25) is 0 Å². The number of aryl methyl sites for hydroxylation is 1. The van der Waals surface area contributed by atoms with Crippen molar-refractivity contribution in [2.24, 2.45) is 11.7 Å². The summed E-state index contributed by atoms with van der Waals surface area (Å²) in [4.78, 5) is 0. The average molecular weight is 218 g/mol. The second-order valence-corrected chi connectivity index (χ2v) is 4.47. The fraction of sp³-hybridized carbons (Fsp3) is 0.462. The molecule has 2 rings (SSSR count). The highest BCUT2D eigenvalue weighted by atomic mass is 16.5. The Balaban J connectivity index is 1.93. The Labute approximate surface area is 96.1 Å². The van der Waals surface area contributed by atoms with Gasteiger partial charge in [-0.15, -0.1) is 0 Å². The van der Waals surface area contributed by atoms with E-state index in [-0.39, 0.29) is 5.84 Å². The van der Waals surface area contributed by atoms with Gasteiger partial charge >= 0.3 is 0 Å². The minimum atomic E-state index is 0.113. The maximum atomic E-state index is 7.39. The molecule has 0 unspecified atom stereocenters. The van der Waals surface area contributed by atoms with Crippen molar-refractivity contribution in [2.75, 3.05) is 6.61 Å². The summed E-state index contributed by atoms with van der Waals surface area (Å²) in [7, 11) is 0. The van der Waals surface area contributed by atoms with Crippen LogP contribution in [-0.4, -0.2) is 12.4 Å². The Morgan fingerprint density at radius 1 is 1.50 bits per heavy atom. The first kappa shape index (κ1) is 11.0. The molecular weight excluding hydrogens is 200 g/mol. The lowest BCUT2D eigenvalue weighted by Gasteiger charge is -2.09. The van der Waals surface area contributed by atoms with E-state index in [2.05, 4.69) is 0 Å². The molecule has 3 heteroatoms. The van der Waals surface area contributed by atoms with Gasteiger partial charge in [-0.1, -0.05) is 12.8 Å². The summed E-state index contributed by atoms with van der Waals surface area (Å²) >= 11 is 0. The van der Waals surface area contributed by atoms with Crippen LogP contribution in [0, 0.1) is 18.3 Å². The summed E-state index contributed by atoms with van der Waals surface area (Å²) in [5.74, 6) is 1.89. The number of amidine groups is 1. The van der Waals surface area contributed by atoms with Gasteiger partial charge in [-0.25, -0.2) is 0 Å². The maximum Gasteiger partial charge on any atom is 0.123 e. The molecule has 0 radical (unpaired) electrons. The van der Waals surface area contributed by atoms with Gasteiger partial charge in [-0.3, -0.25) is 5.41 Å². The molecule has 1 fully saturated rings. The Morgan fingerprint density at radius 2 is 2.25 bits per heavy atom. The zero-order valence-electron chi connectivity index (χ0n) is 9.62. The number of nitrogens with two attached hydrogens (primary N) is 1. The number of nitrogen functional groups attached to an aromatic ring is 1. The minimum absolute atomic E-state index is 0.113. The third kappa shape index (κ3) is 2.75. The fourth-order valence-electron chi connectivity index (χ4n) is 1.78. The van der Waals surface area contributed by atoms with Crippen molar-refractivity contribution in [2.45, 2.75) is 26.2 Å². The SMILES string of the molecule is Cc1cc(OCCC2CC2)ccc1C(=N)N. The van der Waals surface area contributed by atoms with Crippen LogP contribution in [0.15, 0.2) is 18.2 Å². The zero-order valence-corrected chi connectivity index (χ0v) is 9.62. The molecule has 1 aliphatic carbocycles. The number of benzene rings is 1. The van der Waals surface area contributed by atoms with E-state index in [1.807, 2.05) is 25.1 Å². The van der Waals surface area contributed by atoms with Crippen LogP contribution in [0.25, 0.3) is 0 Å². The molecule has 0 aromatic heterocycles. The van der Waals surface area contributed by atoms with Crippen LogP contribution in [0.4, 0.5) is 0 Å². The quantitative estimate of drug-likeness (QED) is 0.589. The summed E-state index contributed by atoms with van der Waals surface area (Å²) in [6.45, 7) is 2.74. The Morgan fingerprint density at radius 3 is 2.81 bits per heavy atom. The lowest BCUT2D eigenvalue weighted by Crippen LogP contribution is -2.12. The first-order valence-electron chi connectivity index (χ1n) is 5.74. The van der Waals surface area contributed by atoms with E-state index >= 15 is 0 Å². The minimum Gasteiger partial charge on any atom is -0.494 e. The number of hydrogen-bond donors (Lipinski definition) is 2. The van der Waals surface area contributed by atoms with Crippen molar-refractivity contribution < 1.29 is 4.74 Å². The van der Waals surface area contributed by atoms with E-state index in [9.17, 15) is 0 Å². The molecule has 16 heavy (non-hydrogen) atoms. The molecule has 0 bridgehead atoms. The van der Waals surface area contributed by atoms with Crippen molar-refractivity contribution in [3.05, 3.63) is 29.3 Å². The number of nitrogens with one attached hydrogen (secondary N) is 1. The monoisotopic (exact) mass is 218 g/mol. The number of rotatable bonds is 5. The van der Waals surface area contributed by atoms with Gasteiger partial charge in [0.05, 0.1) is 6.61 Å². The summed E-state index contributed by atoms with van der Waals surface area (Å²) in [5.41, 5.74) is 7.24. The van der Waals surface area contributed by atoms with Gasteiger partial charge in [0, 0.05) is 5.56 Å².